The zero-order valence-electron chi connectivity index (χ0n) is 13.5. The molecule has 0 unspecified atom stereocenters. The van der Waals surface area contributed by atoms with Gasteiger partial charge in [-0.2, -0.15) is 0 Å². The van der Waals surface area contributed by atoms with Gasteiger partial charge in [-0.3, -0.25) is 9.59 Å². The number of hydrogen-bond donors (Lipinski definition) is 2. The molecule has 0 radical (unpaired) electrons. The van der Waals surface area contributed by atoms with E-state index in [0.717, 1.165) is 55.8 Å². The molecular formula is C16H18N4O3S2. The molecule has 1 aliphatic heterocycles. The van der Waals surface area contributed by atoms with Gasteiger partial charge in [0.25, 0.3) is 11.8 Å². The number of carbonyl (C=O) groups excluding carboxylic acids is 2. The summed E-state index contributed by atoms with van der Waals surface area (Å²) in [5.74, 6) is -0.469. The molecule has 2 aromatic heterocycles. The molecule has 2 aromatic rings. The fraction of sp³-hybridized carbons (Fsp3) is 0.500. The molecule has 1 fully saturated rings. The van der Waals surface area contributed by atoms with Crippen LogP contribution in [0, 0.1) is 0 Å². The largest absolute Gasteiger partial charge is 0.376 e. The Morgan fingerprint density at radius 3 is 2.96 bits per heavy atom. The van der Waals surface area contributed by atoms with Crippen LogP contribution in [-0.2, 0) is 17.6 Å². The number of fused-ring (bicyclic) bond motifs is 1. The zero-order valence-corrected chi connectivity index (χ0v) is 15.2. The quantitative estimate of drug-likeness (QED) is 0.832. The maximum atomic E-state index is 12.8. The number of amides is 2. The van der Waals surface area contributed by atoms with Crippen molar-refractivity contribution in [2.45, 2.75) is 38.2 Å². The van der Waals surface area contributed by atoms with E-state index in [1.165, 1.54) is 16.2 Å². The highest BCUT2D eigenvalue weighted by molar-refractivity contribution is 7.17. The summed E-state index contributed by atoms with van der Waals surface area (Å²) in [6.07, 6.45) is 5.00. The van der Waals surface area contributed by atoms with Gasteiger partial charge in [0, 0.05) is 23.4 Å². The molecule has 3 heterocycles. The highest BCUT2D eigenvalue weighted by atomic mass is 32.1. The maximum absolute atomic E-state index is 12.8. The molecule has 0 saturated carbocycles. The number of aryl methyl sites for hydroxylation is 1. The van der Waals surface area contributed by atoms with Crippen molar-refractivity contribution < 1.29 is 14.3 Å². The number of anilines is 1. The Labute approximate surface area is 152 Å². The molecule has 0 aromatic carbocycles. The van der Waals surface area contributed by atoms with Crippen LogP contribution in [0.3, 0.4) is 0 Å². The van der Waals surface area contributed by atoms with Crippen molar-refractivity contribution in [1.29, 1.82) is 0 Å². The third-order valence-corrected chi connectivity index (χ3v) is 6.19. The Morgan fingerprint density at radius 2 is 2.20 bits per heavy atom. The first-order valence-electron chi connectivity index (χ1n) is 8.35. The van der Waals surface area contributed by atoms with Crippen molar-refractivity contribution in [1.82, 2.24) is 14.9 Å². The summed E-state index contributed by atoms with van der Waals surface area (Å²) in [7, 11) is 0. The highest BCUT2D eigenvalue weighted by Crippen LogP contribution is 2.39. The predicted molar refractivity (Wildman–Crippen MR) is 95.5 cm³/mol. The van der Waals surface area contributed by atoms with Crippen LogP contribution in [0.25, 0.3) is 0 Å². The predicted octanol–water partition coefficient (Wildman–Crippen LogP) is 2.25. The van der Waals surface area contributed by atoms with Crippen LogP contribution in [-0.4, -0.2) is 40.7 Å². The van der Waals surface area contributed by atoms with Crippen molar-refractivity contribution >= 4 is 39.7 Å². The molecule has 9 heteroatoms. The standard InChI is InChI=1S/C16H18N4O3S2/c21-14(11-8-24-20-19-11)18-16-13(10-4-1-5-12(10)25-16)15(22)17-7-9-3-2-6-23-9/h8-9H,1-7H2,(H,17,22)(H,18,21)/t9-/m0/s1. The monoisotopic (exact) mass is 378 g/mol. The minimum Gasteiger partial charge on any atom is -0.376 e. The third kappa shape index (κ3) is 3.44. The lowest BCUT2D eigenvalue weighted by molar-refractivity contribution is 0.0858. The average molecular weight is 378 g/mol. The molecule has 1 atom stereocenters. The first-order valence-corrected chi connectivity index (χ1v) is 10.0. The number of rotatable bonds is 5. The first kappa shape index (κ1) is 16.6. The van der Waals surface area contributed by atoms with E-state index in [0.29, 0.717) is 17.1 Å². The van der Waals surface area contributed by atoms with Crippen LogP contribution < -0.4 is 10.6 Å². The molecule has 0 spiro atoms. The van der Waals surface area contributed by atoms with E-state index in [2.05, 4.69) is 20.2 Å². The third-order valence-electron chi connectivity index (χ3n) is 4.48. The molecule has 1 aliphatic carbocycles. The molecule has 2 aliphatic rings. The lowest BCUT2D eigenvalue weighted by Gasteiger charge is -2.12. The Kier molecular flexibility index (Phi) is 4.78. The van der Waals surface area contributed by atoms with Crippen molar-refractivity contribution in [2.75, 3.05) is 18.5 Å². The average Bonchev–Trinajstić information content (AvgIpc) is 3.35. The second-order valence-electron chi connectivity index (χ2n) is 6.15. The van der Waals surface area contributed by atoms with Gasteiger partial charge in [0.05, 0.1) is 11.7 Å². The normalized spacial score (nSPS) is 19.0. The van der Waals surface area contributed by atoms with Crippen molar-refractivity contribution in [2.24, 2.45) is 0 Å². The van der Waals surface area contributed by atoms with Crippen LogP contribution in [0.4, 0.5) is 5.00 Å². The zero-order chi connectivity index (χ0) is 17.2. The summed E-state index contributed by atoms with van der Waals surface area (Å²) in [6, 6.07) is 0. The van der Waals surface area contributed by atoms with Crippen LogP contribution in [0.1, 0.15) is 50.5 Å². The van der Waals surface area contributed by atoms with Gasteiger partial charge in [-0.15, -0.1) is 16.4 Å². The summed E-state index contributed by atoms with van der Waals surface area (Å²) in [5.41, 5.74) is 1.94. The molecule has 4 rings (SSSR count). The lowest BCUT2D eigenvalue weighted by atomic mass is 10.1. The summed E-state index contributed by atoms with van der Waals surface area (Å²) in [6.45, 7) is 1.27. The molecule has 7 nitrogen and oxygen atoms in total. The molecule has 1 saturated heterocycles. The van der Waals surface area contributed by atoms with Crippen LogP contribution in [0.5, 0.6) is 0 Å². The van der Waals surface area contributed by atoms with Crippen molar-refractivity contribution in [3.63, 3.8) is 0 Å². The van der Waals surface area contributed by atoms with Gasteiger partial charge in [0.2, 0.25) is 0 Å². The van der Waals surface area contributed by atoms with Gasteiger partial charge in [0.15, 0.2) is 5.69 Å². The van der Waals surface area contributed by atoms with E-state index in [-0.39, 0.29) is 23.6 Å². The molecule has 2 amide bonds. The number of hydrogen-bond acceptors (Lipinski definition) is 7. The van der Waals surface area contributed by atoms with E-state index in [1.54, 1.807) is 5.38 Å². The summed E-state index contributed by atoms with van der Waals surface area (Å²) < 4.78 is 9.27. The second kappa shape index (κ2) is 7.19. The molecule has 132 valence electrons. The Bertz CT molecular complexity index is 782. The topological polar surface area (TPSA) is 93.2 Å². The smallest absolute Gasteiger partial charge is 0.277 e. The van der Waals surface area contributed by atoms with E-state index >= 15 is 0 Å². The Balaban J connectivity index is 1.53. The van der Waals surface area contributed by atoms with Crippen LogP contribution in [0.2, 0.25) is 0 Å². The molecule has 2 N–H and O–H groups in total. The number of nitrogens with one attached hydrogen (secondary N) is 2. The molecule has 0 bridgehead atoms. The maximum Gasteiger partial charge on any atom is 0.277 e. The first-order chi connectivity index (χ1) is 12.2. The fourth-order valence-electron chi connectivity index (χ4n) is 3.26. The fourth-order valence-corrected chi connectivity index (χ4v) is 4.98. The van der Waals surface area contributed by atoms with E-state index in [1.807, 2.05) is 0 Å². The van der Waals surface area contributed by atoms with E-state index < -0.39 is 0 Å². The lowest BCUT2D eigenvalue weighted by Crippen LogP contribution is -2.32. The van der Waals surface area contributed by atoms with Crippen LogP contribution >= 0.6 is 22.9 Å². The minimum absolute atomic E-state index is 0.0924. The van der Waals surface area contributed by atoms with Gasteiger partial charge in [-0.05, 0) is 49.2 Å². The number of aromatic nitrogens is 2. The van der Waals surface area contributed by atoms with Gasteiger partial charge in [-0.1, -0.05) is 4.49 Å². The SMILES string of the molecule is O=C(Nc1sc2c(c1C(=O)NC[C@@H]1CCCO1)CCC2)c1csnn1. The van der Waals surface area contributed by atoms with Crippen molar-refractivity contribution in [3.05, 3.63) is 27.1 Å². The number of thiophene rings is 1. The van der Waals surface area contributed by atoms with E-state index in [9.17, 15) is 9.59 Å². The number of nitrogens with zero attached hydrogens (tertiary/aromatic N) is 2. The summed E-state index contributed by atoms with van der Waals surface area (Å²) in [4.78, 5) is 26.3. The van der Waals surface area contributed by atoms with Gasteiger partial charge in [0.1, 0.15) is 5.00 Å². The molecule has 25 heavy (non-hydrogen) atoms. The molecular weight excluding hydrogens is 360 g/mol. The number of carbonyl (C=O) groups is 2. The van der Waals surface area contributed by atoms with Crippen LogP contribution in [0.15, 0.2) is 5.38 Å². The minimum atomic E-state index is -0.332. The van der Waals surface area contributed by atoms with Gasteiger partial charge in [-0.25, -0.2) is 0 Å². The Hall–Kier alpha value is -1.84. The van der Waals surface area contributed by atoms with Gasteiger partial charge >= 0.3 is 0 Å². The second-order valence-corrected chi connectivity index (χ2v) is 7.87. The highest BCUT2D eigenvalue weighted by Gasteiger charge is 2.28. The van der Waals surface area contributed by atoms with Crippen molar-refractivity contribution in [3.8, 4) is 0 Å². The summed E-state index contributed by atoms with van der Waals surface area (Å²) >= 11 is 2.62. The Morgan fingerprint density at radius 1 is 1.28 bits per heavy atom. The summed E-state index contributed by atoms with van der Waals surface area (Å²) in [5, 5.41) is 11.8. The number of ether oxygens (including phenoxy) is 1. The van der Waals surface area contributed by atoms with Gasteiger partial charge < -0.3 is 15.4 Å². The van der Waals surface area contributed by atoms with E-state index in [4.69, 9.17) is 4.74 Å².